The lowest BCUT2D eigenvalue weighted by Crippen LogP contribution is -2.34. The number of ether oxygens (including phenoxy) is 2. The topological polar surface area (TPSA) is 47.6 Å². The normalized spacial score (nSPS) is 22.1. The van der Waals surface area contributed by atoms with Gasteiger partial charge in [-0.3, -0.25) is 4.79 Å². The second-order valence-corrected chi connectivity index (χ2v) is 6.20. The Balaban J connectivity index is 1.54. The highest BCUT2D eigenvalue weighted by Crippen LogP contribution is 2.41. The maximum absolute atomic E-state index is 13.9. The number of hydrogen-bond donors (Lipinski definition) is 1. The van der Waals surface area contributed by atoms with Gasteiger partial charge in [0, 0.05) is 12.2 Å². The van der Waals surface area contributed by atoms with Crippen molar-refractivity contribution in [2.45, 2.75) is 37.8 Å². The molecule has 126 valence electrons. The molecule has 0 radical (unpaired) electrons. The van der Waals surface area contributed by atoms with Gasteiger partial charge in [0.05, 0.1) is 18.8 Å². The standard InChI is InChI=1S/C17H21F2NO3/c18-12-5-6-15(19)14(8-12)17(11-3-4-11)20-16(21)10-22-9-13-2-1-7-23-13/h5-6,8,11,13,17H,1-4,7,9-10H2,(H,20,21)/t13-,17+/m1/s1. The molecule has 0 spiro atoms. The van der Waals surface area contributed by atoms with Crippen LogP contribution in [0, 0.1) is 17.6 Å². The molecule has 6 heteroatoms. The molecule has 1 saturated carbocycles. The third-order valence-corrected chi connectivity index (χ3v) is 4.26. The summed E-state index contributed by atoms with van der Waals surface area (Å²) in [4.78, 5) is 12.0. The van der Waals surface area contributed by atoms with Crippen LogP contribution < -0.4 is 5.32 Å². The number of amides is 1. The van der Waals surface area contributed by atoms with E-state index in [4.69, 9.17) is 9.47 Å². The Bertz CT molecular complexity index is 557. The van der Waals surface area contributed by atoms with E-state index in [1.165, 1.54) is 0 Å². The first-order chi connectivity index (χ1) is 11.1. The summed E-state index contributed by atoms with van der Waals surface area (Å²) in [5.74, 6) is -1.16. The van der Waals surface area contributed by atoms with Gasteiger partial charge in [-0.1, -0.05) is 0 Å². The minimum absolute atomic E-state index is 0.0580. The van der Waals surface area contributed by atoms with E-state index < -0.39 is 17.7 Å². The van der Waals surface area contributed by atoms with E-state index in [9.17, 15) is 13.6 Å². The highest BCUT2D eigenvalue weighted by Gasteiger charge is 2.35. The summed E-state index contributed by atoms with van der Waals surface area (Å²) in [6.45, 7) is 1.03. The van der Waals surface area contributed by atoms with Crippen molar-refractivity contribution in [2.75, 3.05) is 19.8 Å². The maximum atomic E-state index is 13.9. The van der Waals surface area contributed by atoms with Crippen molar-refractivity contribution < 1.29 is 23.0 Å². The van der Waals surface area contributed by atoms with Crippen LogP contribution >= 0.6 is 0 Å². The molecule has 0 unspecified atom stereocenters. The Morgan fingerprint density at radius 3 is 2.87 bits per heavy atom. The summed E-state index contributed by atoms with van der Waals surface area (Å²) in [5.41, 5.74) is 0.208. The molecule has 1 saturated heterocycles. The summed E-state index contributed by atoms with van der Waals surface area (Å²) < 4.78 is 38.1. The number of halogens is 2. The fraction of sp³-hybridized carbons (Fsp3) is 0.588. The zero-order valence-corrected chi connectivity index (χ0v) is 12.9. The summed E-state index contributed by atoms with van der Waals surface area (Å²) >= 11 is 0. The minimum atomic E-state index is -0.504. The van der Waals surface area contributed by atoms with Gasteiger partial charge >= 0.3 is 0 Å². The Morgan fingerprint density at radius 2 is 2.17 bits per heavy atom. The highest BCUT2D eigenvalue weighted by atomic mass is 19.1. The van der Waals surface area contributed by atoms with E-state index in [-0.39, 0.29) is 30.1 Å². The number of benzene rings is 1. The molecule has 0 bridgehead atoms. The van der Waals surface area contributed by atoms with E-state index in [2.05, 4.69) is 5.32 Å². The zero-order chi connectivity index (χ0) is 16.2. The Hall–Kier alpha value is -1.53. The molecule has 1 amide bonds. The Kier molecular flexibility index (Phi) is 5.23. The minimum Gasteiger partial charge on any atom is -0.376 e. The first kappa shape index (κ1) is 16.3. The molecule has 1 aliphatic heterocycles. The van der Waals surface area contributed by atoms with E-state index in [1.807, 2.05) is 0 Å². The second-order valence-electron chi connectivity index (χ2n) is 6.20. The van der Waals surface area contributed by atoms with Gasteiger partial charge in [-0.15, -0.1) is 0 Å². The molecule has 1 aliphatic carbocycles. The molecule has 3 rings (SSSR count). The number of carbonyl (C=O) groups excluding carboxylic acids is 1. The predicted octanol–water partition coefficient (Wildman–Crippen LogP) is 2.73. The summed E-state index contributed by atoms with van der Waals surface area (Å²) in [6.07, 6.45) is 3.82. The van der Waals surface area contributed by atoms with Crippen LogP contribution in [0.5, 0.6) is 0 Å². The van der Waals surface area contributed by atoms with Crippen molar-refractivity contribution in [3.8, 4) is 0 Å². The average Bonchev–Trinajstić information content (AvgIpc) is 3.24. The van der Waals surface area contributed by atoms with Crippen molar-refractivity contribution in [3.05, 3.63) is 35.4 Å². The van der Waals surface area contributed by atoms with Crippen LogP contribution in [-0.4, -0.2) is 31.8 Å². The van der Waals surface area contributed by atoms with Gasteiger partial charge in [-0.05, 0) is 49.8 Å². The van der Waals surface area contributed by atoms with Gasteiger partial charge in [0.1, 0.15) is 18.2 Å². The van der Waals surface area contributed by atoms with Gasteiger partial charge in [0.2, 0.25) is 5.91 Å². The Morgan fingerprint density at radius 1 is 1.35 bits per heavy atom. The molecular formula is C17H21F2NO3. The monoisotopic (exact) mass is 325 g/mol. The fourth-order valence-electron chi connectivity index (χ4n) is 2.91. The lowest BCUT2D eigenvalue weighted by atomic mass is 10.0. The van der Waals surface area contributed by atoms with Gasteiger partial charge in [-0.2, -0.15) is 0 Å². The first-order valence-electron chi connectivity index (χ1n) is 8.07. The third-order valence-electron chi connectivity index (χ3n) is 4.26. The predicted molar refractivity (Wildman–Crippen MR) is 79.8 cm³/mol. The number of rotatable bonds is 7. The quantitative estimate of drug-likeness (QED) is 0.838. The average molecular weight is 325 g/mol. The Labute approximate surface area is 134 Å². The fourth-order valence-corrected chi connectivity index (χ4v) is 2.91. The van der Waals surface area contributed by atoms with E-state index in [0.717, 1.165) is 50.5 Å². The molecule has 2 fully saturated rings. The molecule has 1 heterocycles. The maximum Gasteiger partial charge on any atom is 0.246 e. The zero-order valence-electron chi connectivity index (χ0n) is 12.9. The van der Waals surface area contributed by atoms with E-state index in [0.29, 0.717) is 6.61 Å². The summed E-state index contributed by atoms with van der Waals surface area (Å²) in [7, 11) is 0. The van der Waals surface area contributed by atoms with Crippen molar-refractivity contribution in [2.24, 2.45) is 5.92 Å². The highest BCUT2D eigenvalue weighted by molar-refractivity contribution is 5.77. The molecule has 2 aliphatic rings. The molecule has 1 aromatic rings. The van der Waals surface area contributed by atoms with Crippen LogP contribution in [0.4, 0.5) is 8.78 Å². The van der Waals surface area contributed by atoms with Crippen LogP contribution in [0.2, 0.25) is 0 Å². The number of hydrogen-bond acceptors (Lipinski definition) is 3. The molecule has 2 atom stereocenters. The van der Waals surface area contributed by atoms with Crippen molar-refractivity contribution in [1.29, 1.82) is 0 Å². The third kappa shape index (κ3) is 4.48. The van der Waals surface area contributed by atoms with Crippen molar-refractivity contribution in [3.63, 3.8) is 0 Å². The lowest BCUT2D eigenvalue weighted by Gasteiger charge is -2.20. The largest absolute Gasteiger partial charge is 0.376 e. The van der Waals surface area contributed by atoms with Crippen LogP contribution in [-0.2, 0) is 14.3 Å². The summed E-state index contributed by atoms with van der Waals surface area (Å²) in [6, 6.07) is 2.84. The molecule has 1 N–H and O–H groups in total. The SMILES string of the molecule is O=C(COC[C@H]1CCCO1)N[C@H](c1cc(F)ccc1F)C1CC1. The smallest absolute Gasteiger partial charge is 0.246 e. The number of carbonyl (C=O) groups is 1. The molecule has 1 aromatic carbocycles. The van der Waals surface area contributed by atoms with Crippen molar-refractivity contribution in [1.82, 2.24) is 5.32 Å². The lowest BCUT2D eigenvalue weighted by molar-refractivity contribution is -0.127. The first-order valence-corrected chi connectivity index (χ1v) is 8.07. The van der Waals surface area contributed by atoms with Crippen LogP contribution in [0.15, 0.2) is 18.2 Å². The molecule has 23 heavy (non-hydrogen) atoms. The molecular weight excluding hydrogens is 304 g/mol. The van der Waals surface area contributed by atoms with Crippen LogP contribution in [0.25, 0.3) is 0 Å². The molecule has 0 aromatic heterocycles. The summed E-state index contributed by atoms with van der Waals surface area (Å²) in [5, 5.41) is 2.78. The molecule has 4 nitrogen and oxygen atoms in total. The van der Waals surface area contributed by atoms with Crippen LogP contribution in [0.1, 0.15) is 37.3 Å². The van der Waals surface area contributed by atoms with Gasteiger partial charge in [0.25, 0.3) is 0 Å². The second kappa shape index (κ2) is 7.36. The van der Waals surface area contributed by atoms with E-state index >= 15 is 0 Å². The van der Waals surface area contributed by atoms with E-state index in [1.54, 1.807) is 0 Å². The van der Waals surface area contributed by atoms with Gasteiger partial charge in [-0.25, -0.2) is 8.78 Å². The van der Waals surface area contributed by atoms with Gasteiger partial charge in [0.15, 0.2) is 0 Å². The van der Waals surface area contributed by atoms with Crippen molar-refractivity contribution >= 4 is 5.91 Å². The van der Waals surface area contributed by atoms with Crippen LogP contribution in [0.3, 0.4) is 0 Å². The van der Waals surface area contributed by atoms with Gasteiger partial charge < -0.3 is 14.8 Å². The number of nitrogens with one attached hydrogen (secondary N) is 1.